The first-order valence-corrected chi connectivity index (χ1v) is 11.3. The van der Waals surface area contributed by atoms with Crippen LogP contribution in [0.15, 0.2) is 47.6 Å². The van der Waals surface area contributed by atoms with Gasteiger partial charge in [-0.2, -0.15) is 5.10 Å². The summed E-state index contributed by atoms with van der Waals surface area (Å²) in [5.41, 5.74) is 2.58. The first kappa shape index (κ1) is 21.6. The summed E-state index contributed by atoms with van der Waals surface area (Å²) >= 11 is 0. The number of nitrogens with zero attached hydrogens (tertiary/aromatic N) is 2. The topological polar surface area (TPSA) is 97.3 Å². The van der Waals surface area contributed by atoms with Gasteiger partial charge in [0.2, 0.25) is 15.9 Å². The van der Waals surface area contributed by atoms with Gasteiger partial charge in [-0.25, -0.2) is 13.4 Å². The average molecular weight is 432 g/mol. The molecule has 9 heteroatoms. The van der Waals surface area contributed by atoms with E-state index < -0.39 is 16.1 Å². The van der Waals surface area contributed by atoms with Crippen LogP contribution in [0, 0.1) is 0 Å². The molecule has 1 aliphatic heterocycles. The van der Waals surface area contributed by atoms with Crippen molar-refractivity contribution >= 4 is 27.3 Å². The van der Waals surface area contributed by atoms with Crippen LogP contribution >= 0.6 is 0 Å². The van der Waals surface area contributed by atoms with Crippen LogP contribution < -0.4 is 14.2 Å². The minimum Gasteiger partial charge on any atom is -0.496 e. The molecule has 0 saturated heterocycles. The zero-order valence-electron chi connectivity index (χ0n) is 17.4. The number of hydrogen-bond acceptors (Lipinski definition) is 6. The van der Waals surface area contributed by atoms with Gasteiger partial charge < -0.3 is 9.47 Å². The molecule has 0 aliphatic carbocycles. The van der Waals surface area contributed by atoms with Crippen molar-refractivity contribution in [3.05, 3.63) is 53.6 Å². The van der Waals surface area contributed by atoms with Crippen LogP contribution in [-0.2, 0) is 14.8 Å². The summed E-state index contributed by atoms with van der Waals surface area (Å²) in [6.07, 6.45) is 1.82. The van der Waals surface area contributed by atoms with Crippen molar-refractivity contribution in [3.63, 3.8) is 0 Å². The number of methoxy groups -OCH3 is 2. The van der Waals surface area contributed by atoms with Crippen molar-refractivity contribution in [2.24, 2.45) is 5.10 Å². The number of ether oxygens (including phenoxy) is 2. The molecular formula is C21H25N3O5S. The van der Waals surface area contributed by atoms with E-state index >= 15 is 0 Å². The van der Waals surface area contributed by atoms with Crippen LogP contribution in [0.1, 0.15) is 36.9 Å². The number of carbonyl (C=O) groups excluding carboxylic acids is 1. The van der Waals surface area contributed by atoms with Crippen molar-refractivity contribution in [1.29, 1.82) is 0 Å². The Morgan fingerprint density at radius 1 is 1.17 bits per heavy atom. The second-order valence-corrected chi connectivity index (χ2v) is 8.64. The van der Waals surface area contributed by atoms with Crippen LogP contribution in [-0.4, -0.2) is 45.5 Å². The fourth-order valence-corrected chi connectivity index (χ4v) is 4.04. The Hall–Kier alpha value is -3.07. The van der Waals surface area contributed by atoms with Gasteiger partial charge in [-0.1, -0.05) is 25.1 Å². The Balaban J connectivity index is 2.03. The molecule has 1 heterocycles. The highest BCUT2D eigenvalue weighted by molar-refractivity contribution is 7.92. The lowest BCUT2D eigenvalue weighted by Gasteiger charge is -2.25. The molecule has 1 atom stereocenters. The third-order valence-electron chi connectivity index (χ3n) is 4.77. The van der Waals surface area contributed by atoms with Crippen molar-refractivity contribution in [3.8, 4) is 11.5 Å². The molecule has 0 unspecified atom stereocenters. The van der Waals surface area contributed by atoms with E-state index in [-0.39, 0.29) is 5.91 Å². The molecule has 0 saturated carbocycles. The van der Waals surface area contributed by atoms with E-state index in [1.807, 2.05) is 24.3 Å². The Labute approximate surface area is 176 Å². The van der Waals surface area contributed by atoms with Gasteiger partial charge >= 0.3 is 0 Å². The molecule has 1 N–H and O–H groups in total. The number of hydrazone groups is 1. The van der Waals surface area contributed by atoms with E-state index in [2.05, 4.69) is 9.82 Å². The van der Waals surface area contributed by atoms with E-state index in [9.17, 15) is 13.2 Å². The highest BCUT2D eigenvalue weighted by Crippen LogP contribution is 2.42. The molecule has 0 radical (unpaired) electrons. The van der Waals surface area contributed by atoms with E-state index in [4.69, 9.17) is 9.47 Å². The predicted octanol–water partition coefficient (Wildman–Crippen LogP) is 3.16. The standard InChI is InChI=1S/C21H25N3O5S/c1-5-20(25)24-17(21-18(28-2)10-7-11-19(21)29-3)13-16(22-24)14-8-6-9-15(12-14)23-30(4,26)27/h6-12,17,23H,5,13H2,1-4H3/t17-/m0/s1. The lowest BCUT2D eigenvalue weighted by atomic mass is 9.96. The molecule has 8 nitrogen and oxygen atoms in total. The maximum absolute atomic E-state index is 12.7. The fraction of sp³-hybridized carbons (Fsp3) is 0.333. The van der Waals surface area contributed by atoms with Crippen LogP contribution in [0.25, 0.3) is 0 Å². The second-order valence-electron chi connectivity index (χ2n) is 6.89. The largest absolute Gasteiger partial charge is 0.496 e. The van der Waals surface area contributed by atoms with Gasteiger partial charge in [0.05, 0.1) is 37.8 Å². The number of rotatable bonds is 7. The number of nitrogens with one attached hydrogen (secondary N) is 1. The number of benzene rings is 2. The van der Waals surface area contributed by atoms with Crippen LogP contribution in [0.5, 0.6) is 11.5 Å². The molecule has 30 heavy (non-hydrogen) atoms. The molecular weight excluding hydrogens is 406 g/mol. The number of sulfonamides is 1. The van der Waals surface area contributed by atoms with E-state index in [1.165, 1.54) is 5.01 Å². The summed E-state index contributed by atoms with van der Waals surface area (Å²) < 4.78 is 36.7. The lowest BCUT2D eigenvalue weighted by Crippen LogP contribution is -2.26. The fourth-order valence-electron chi connectivity index (χ4n) is 3.49. The minimum atomic E-state index is -3.40. The molecule has 2 aromatic rings. The number of anilines is 1. The summed E-state index contributed by atoms with van der Waals surface area (Å²) in [6.45, 7) is 1.78. The van der Waals surface area contributed by atoms with Crippen molar-refractivity contribution < 1.29 is 22.7 Å². The first-order valence-electron chi connectivity index (χ1n) is 9.46. The summed E-state index contributed by atoms with van der Waals surface area (Å²) in [5.74, 6) is 1.09. The molecule has 160 valence electrons. The summed E-state index contributed by atoms with van der Waals surface area (Å²) in [5, 5.41) is 6.05. The maximum Gasteiger partial charge on any atom is 0.242 e. The van der Waals surface area contributed by atoms with Gasteiger partial charge in [-0.15, -0.1) is 0 Å². The summed E-state index contributed by atoms with van der Waals surface area (Å²) in [4.78, 5) is 12.7. The van der Waals surface area contributed by atoms with Gasteiger partial charge in [-0.3, -0.25) is 9.52 Å². The number of carbonyl (C=O) groups is 1. The van der Waals surface area contributed by atoms with E-state index in [0.717, 1.165) is 17.4 Å². The SMILES string of the molecule is CCC(=O)N1N=C(c2cccc(NS(C)(=O)=O)c2)C[C@H]1c1c(OC)cccc1OC. The monoisotopic (exact) mass is 431 g/mol. The summed E-state index contributed by atoms with van der Waals surface area (Å²) in [6, 6.07) is 12.0. The Bertz CT molecular complexity index is 1060. The quantitative estimate of drug-likeness (QED) is 0.726. The van der Waals surface area contributed by atoms with Crippen molar-refractivity contribution in [2.75, 3.05) is 25.2 Å². The number of amides is 1. The Morgan fingerprint density at radius 3 is 2.37 bits per heavy atom. The molecule has 0 fully saturated rings. The van der Waals surface area contributed by atoms with Gasteiger partial charge in [0, 0.05) is 18.5 Å². The van der Waals surface area contributed by atoms with Gasteiger partial charge in [-0.05, 0) is 29.8 Å². The highest BCUT2D eigenvalue weighted by Gasteiger charge is 2.36. The molecule has 3 rings (SSSR count). The smallest absolute Gasteiger partial charge is 0.242 e. The lowest BCUT2D eigenvalue weighted by molar-refractivity contribution is -0.132. The predicted molar refractivity (Wildman–Crippen MR) is 115 cm³/mol. The molecule has 1 amide bonds. The zero-order valence-corrected chi connectivity index (χ0v) is 18.2. The minimum absolute atomic E-state index is 0.131. The van der Waals surface area contributed by atoms with Gasteiger partial charge in [0.1, 0.15) is 11.5 Å². The van der Waals surface area contributed by atoms with Crippen molar-refractivity contribution in [1.82, 2.24) is 5.01 Å². The average Bonchev–Trinajstić information content (AvgIpc) is 3.16. The van der Waals surface area contributed by atoms with Crippen LogP contribution in [0.3, 0.4) is 0 Å². The molecule has 2 aromatic carbocycles. The van der Waals surface area contributed by atoms with Gasteiger partial charge in [0.25, 0.3) is 0 Å². The third-order valence-corrected chi connectivity index (χ3v) is 5.37. The molecule has 1 aliphatic rings. The van der Waals surface area contributed by atoms with Crippen molar-refractivity contribution in [2.45, 2.75) is 25.8 Å². The number of hydrogen-bond donors (Lipinski definition) is 1. The third kappa shape index (κ3) is 4.56. The maximum atomic E-state index is 12.7. The van der Waals surface area contributed by atoms with Gasteiger partial charge in [0.15, 0.2) is 0 Å². The Morgan fingerprint density at radius 2 is 1.80 bits per heavy atom. The molecule has 0 bridgehead atoms. The van der Waals surface area contributed by atoms with E-state index in [1.54, 1.807) is 39.3 Å². The zero-order chi connectivity index (χ0) is 21.9. The summed E-state index contributed by atoms with van der Waals surface area (Å²) in [7, 11) is -0.263. The van der Waals surface area contributed by atoms with Crippen LogP contribution in [0.2, 0.25) is 0 Å². The normalized spacial score (nSPS) is 16.2. The van der Waals surface area contributed by atoms with E-state index in [0.29, 0.717) is 35.7 Å². The Kier molecular flexibility index (Phi) is 6.31. The second kappa shape index (κ2) is 8.74. The molecule has 0 spiro atoms. The first-order chi connectivity index (χ1) is 14.3. The van der Waals surface area contributed by atoms with Crippen LogP contribution in [0.4, 0.5) is 5.69 Å². The highest BCUT2D eigenvalue weighted by atomic mass is 32.2. The molecule has 0 aromatic heterocycles.